The summed E-state index contributed by atoms with van der Waals surface area (Å²) in [5.41, 5.74) is 2.28. The minimum Gasteiger partial charge on any atom is -0.463 e. The van der Waals surface area contributed by atoms with Crippen LogP contribution in [0.3, 0.4) is 0 Å². The maximum atomic E-state index is 12.2. The fraction of sp³-hybridized carbons (Fsp3) is 0.0769. The van der Waals surface area contributed by atoms with Crippen LogP contribution in [0.1, 0.15) is 0 Å². The molecular formula is C13H9ClFN3O. The van der Waals surface area contributed by atoms with E-state index in [0.29, 0.717) is 16.5 Å². The molecule has 0 aliphatic heterocycles. The summed E-state index contributed by atoms with van der Waals surface area (Å²) < 4.78 is 18.7. The second kappa shape index (κ2) is 4.85. The monoisotopic (exact) mass is 277 g/mol. The summed E-state index contributed by atoms with van der Waals surface area (Å²) in [7, 11) is 0. The van der Waals surface area contributed by atoms with E-state index in [9.17, 15) is 4.39 Å². The van der Waals surface area contributed by atoms with Crippen molar-refractivity contribution in [2.75, 3.05) is 6.86 Å². The Hall–Kier alpha value is -2.14. The highest BCUT2D eigenvalue weighted by atomic mass is 35.5. The average molecular weight is 278 g/mol. The van der Waals surface area contributed by atoms with Gasteiger partial charge < -0.3 is 4.74 Å². The molecule has 3 aromatic rings. The molecule has 0 bridgehead atoms. The van der Waals surface area contributed by atoms with Crippen molar-refractivity contribution >= 4 is 17.2 Å². The van der Waals surface area contributed by atoms with Crippen LogP contribution in [0.4, 0.5) is 4.39 Å². The molecule has 6 heteroatoms. The van der Waals surface area contributed by atoms with Crippen molar-refractivity contribution in [3.8, 4) is 17.0 Å². The summed E-state index contributed by atoms with van der Waals surface area (Å²) in [5, 5.41) is 4.57. The number of benzene rings is 1. The van der Waals surface area contributed by atoms with E-state index < -0.39 is 6.86 Å². The Balaban J connectivity index is 2.13. The average Bonchev–Trinajstić information content (AvgIpc) is 2.82. The van der Waals surface area contributed by atoms with E-state index >= 15 is 0 Å². The van der Waals surface area contributed by atoms with E-state index in [1.54, 1.807) is 41.0 Å². The molecule has 0 N–H and O–H groups in total. The first kappa shape index (κ1) is 11.9. The first-order valence-electron chi connectivity index (χ1n) is 5.57. The number of rotatable bonds is 3. The fourth-order valence-corrected chi connectivity index (χ4v) is 1.99. The molecule has 0 aliphatic rings. The Morgan fingerprint density at radius 3 is 3.00 bits per heavy atom. The Labute approximate surface area is 113 Å². The normalized spacial score (nSPS) is 10.8. The molecule has 0 saturated heterocycles. The highest BCUT2D eigenvalue weighted by molar-refractivity contribution is 6.29. The summed E-state index contributed by atoms with van der Waals surface area (Å²) in [4.78, 5) is 4.24. The number of alkyl halides is 1. The molecule has 0 aliphatic carbocycles. The molecule has 4 nitrogen and oxygen atoms in total. The zero-order valence-corrected chi connectivity index (χ0v) is 10.5. The predicted molar refractivity (Wildman–Crippen MR) is 70.0 cm³/mol. The van der Waals surface area contributed by atoms with Gasteiger partial charge in [0.15, 0.2) is 5.65 Å². The van der Waals surface area contributed by atoms with Crippen LogP contribution in [0.2, 0.25) is 5.15 Å². The van der Waals surface area contributed by atoms with Gasteiger partial charge in [0.05, 0.1) is 11.9 Å². The minimum absolute atomic E-state index is 0.378. The largest absolute Gasteiger partial charge is 0.463 e. The van der Waals surface area contributed by atoms with Crippen LogP contribution in [0, 0.1) is 0 Å². The van der Waals surface area contributed by atoms with Crippen molar-refractivity contribution in [2.24, 2.45) is 0 Å². The van der Waals surface area contributed by atoms with Gasteiger partial charge in [-0.2, -0.15) is 5.10 Å². The van der Waals surface area contributed by atoms with Gasteiger partial charge in [-0.05, 0) is 24.3 Å². The van der Waals surface area contributed by atoms with Crippen LogP contribution in [0.15, 0.2) is 42.6 Å². The van der Waals surface area contributed by atoms with Crippen LogP contribution >= 0.6 is 11.6 Å². The number of halogens is 2. The summed E-state index contributed by atoms with van der Waals surface area (Å²) in [5.74, 6) is 0.456. The van der Waals surface area contributed by atoms with Gasteiger partial charge in [-0.1, -0.05) is 23.7 Å². The second-order valence-electron chi connectivity index (χ2n) is 3.85. The first-order chi connectivity index (χ1) is 9.28. The number of fused-ring (bicyclic) bond motifs is 1. The third kappa shape index (κ3) is 2.24. The highest BCUT2D eigenvalue weighted by Gasteiger charge is 2.08. The second-order valence-corrected chi connectivity index (χ2v) is 4.24. The lowest BCUT2D eigenvalue weighted by atomic mass is 10.1. The van der Waals surface area contributed by atoms with E-state index in [1.165, 1.54) is 0 Å². The molecule has 0 amide bonds. The van der Waals surface area contributed by atoms with Crippen LogP contribution in [0.5, 0.6) is 5.75 Å². The SMILES string of the molecule is FCOc1cccc(-c2cnc3ccc(Cl)nn23)c1. The van der Waals surface area contributed by atoms with Crippen LogP contribution in [0.25, 0.3) is 16.9 Å². The molecule has 2 aromatic heterocycles. The number of hydrogen-bond acceptors (Lipinski definition) is 3. The van der Waals surface area contributed by atoms with Crippen LogP contribution < -0.4 is 4.74 Å². The van der Waals surface area contributed by atoms with Crippen LogP contribution in [-0.2, 0) is 0 Å². The molecular weight excluding hydrogens is 269 g/mol. The van der Waals surface area contributed by atoms with Crippen molar-refractivity contribution in [1.82, 2.24) is 14.6 Å². The van der Waals surface area contributed by atoms with Gasteiger partial charge in [0.1, 0.15) is 10.9 Å². The maximum absolute atomic E-state index is 12.2. The number of aromatic nitrogens is 3. The molecule has 2 heterocycles. The Kier molecular flexibility index (Phi) is 3.05. The van der Waals surface area contributed by atoms with Crippen molar-refractivity contribution in [1.29, 1.82) is 0 Å². The number of imidazole rings is 1. The molecule has 0 fully saturated rings. The topological polar surface area (TPSA) is 39.4 Å². The van der Waals surface area contributed by atoms with Crippen LogP contribution in [-0.4, -0.2) is 21.5 Å². The molecule has 1 aromatic carbocycles. The zero-order chi connectivity index (χ0) is 13.2. The Bertz CT molecular complexity index is 729. The van der Waals surface area contributed by atoms with E-state index in [2.05, 4.69) is 10.1 Å². The van der Waals surface area contributed by atoms with Gasteiger partial charge in [-0.25, -0.2) is 13.9 Å². The van der Waals surface area contributed by atoms with Gasteiger partial charge >= 0.3 is 0 Å². The summed E-state index contributed by atoms with van der Waals surface area (Å²) in [6.45, 7) is -0.860. The molecule has 0 saturated carbocycles. The smallest absolute Gasteiger partial charge is 0.228 e. The van der Waals surface area contributed by atoms with Crippen molar-refractivity contribution in [2.45, 2.75) is 0 Å². The minimum atomic E-state index is -0.860. The summed E-state index contributed by atoms with van der Waals surface area (Å²) >= 11 is 5.88. The standard InChI is InChI=1S/C13H9ClFN3O/c14-12-4-5-13-16-7-11(18(13)17-12)9-2-1-3-10(6-9)19-8-15/h1-7H,8H2. The zero-order valence-electron chi connectivity index (χ0n) is 9.75. The third-order valence-corrected chi connectivity index (χ3v) is 2.88. The van der Waals surface area contributed by atoms with E-state index in [1.807, 2.05) is 6.07 Å². The van der Waals surface area contributed by atoms with Crippen molar-refractivity contribution < 1.29 is 9.13 Å². The molecule has 3 rings (SSSR count). The quantitative estimate of drug-likeness (QED) is 0.737. The Morgan fingerprint density at radius 1 is 1.26 bits per heavy atom. The molecule has 0 radical (unpaired) electrons. The Morgan fingerprint density at radius 2 is 2.16 bits per heavy atom. The van der Waals surface area contributed by atoms with Gasteiger partial charge in [0, 0.05) is 5.56 Å². The van der Waals surface area contributed by atoms with Crippen molar-refractivity contribution in [3.63, 3.8) is 0 Å². The number of nitrogens with zero attached hydrogens (tertiary/aromatic N) is 3. The van der Waals surface area contributed by atoms with Gasteiger partial charge in [-0.3, -0.25) is 0 Å². The molecule has 19 heavy (non-hydrogen) atoms. The van der Waals surface area contributed by atoms with Gasteiger partial charge in [-0.15, -0.1) is 0 Å². The number of ether oxygens (including phenoxy) is 1. The fourth-order valence-electron chi connectivity index (χ4n) is 1.86. The van der Waals surface area contributed by atoms with Crippen molar-refractivity contribution in [3.05, 3.63) is 47.7 Å². The summed E-state index contributed by atoms with van der Waals surface area (Å²) in [6.07, 6.45) is 1.69. The molecule has 96 valence electrons. The van der Waals surface area contributed by atoms with E-state index in [0.717, 1.165) is 11.3 Å². The van der Waals surface area contributed by atoms with E-state index in [-0.39, 0.29) is 0 Å². The lowest BCUT2D eigenvalue weighted by Gasteiger charge is -2.04. The van der Waals surface area contributed by atoms with E-state index in [4.69, 9.17) is 16.3 Å². The van der Waals surface area contributed by atoms with Gasteiger partial charge in [0.25, 0.3) is 0 Å². The maximum Gasteiger partial charge on any atom is 0.228 e. The summed E-state index contributed by atoms with van der Waals surface area (Å²) in [6, 6.07) is 10.5. The highest BCUT2D eigenvalue weighted by Crippen LogP contribution is 2.24. The molecule has 0 unspecified atom stereocenters. The third-order valence-electron chi connectivity index (χ3n) is 2.68. The predicted octanol–water partition coefficient (Wildman–Crippen LogP) is 3.36. The molecule has 0 spiro atoms. The molecule has 0 atom stereocenters. The first-order valence-corrected chi connectivity index (χ1v) is 5.95. The lowest BCUT2D eigenvalue weighted by molar-refractivity contribution is 0.192. The number of hydrogen-bond donors (Lipinski definition) is 0. The lowest BCUT2D eigenvalue weighted by Crippen LogP contribution is -1.95. The van der Waals surface area contributed by atoms with Gasteiger partial charge in [0.2, 0.25) is 6.86 Å².